The van der Waals surface area contributed by atoms with E-state index in [9.17, 15) is 29.7 Å². The van der Waals surface area contributed by atoms with E-state index in [1.54, 1.807) is 0 Å². The molecule has 1 saturated heterocycles. The van der Waals surface area contributed by atoms with E-state index >= 15 is 0 Å². The first kappa shape index (κ1) is 29.4. The number of aliphatic hydroxyl groups excluding tert-OH is 3. The molecule has 11 heteroatoms. The molecule has 1 aliphatic rings. The van der Waals surface area contributed by atoms with Gasteiger partial charge >= 0.3 is 11.7 Å². The number of aliphatic hydroxyl groups is 3. The summed E-state index contributed by atoms with van der Waals surface area (Å²) in [5.41, 5.74) is -0.244. The molecule has 2 aromatic rings. The number of nitrogens with one attached hydrogen (secondary N) is 1. The molecule has 4 N–H and O–H groups in total. The molecule has 0 aliphatic carbocycles. The van der Waals surface area contributed by atoms with Gasteiger partial charge in [-0.1, -0.05) is 51.9 Å². The summed E-state index contributed by atoms with van der Waals surface area (Å²) in [5.74, 6) is -1.02. The molecule has 0 bridgehead atoms. The number of aromatic nitrogens is 2. The van der Waals surface area contributed by atoms with E-state index in [-0.39, 0.29) is 11.4 Å². The molecule has 0 radical (unpaired) electrons. The number of rotatable bonds is 14. The summed E-state index contributed by atoms with van der Waals surface area (Å²) >= 11 is 0. The highest BCUT2D eigenvalue weighted by Crippen LogP contribution is 2.28. The Kier molecular flexibility index (Phi) is 11.4. The van der Waals surface area contributed by atoms with Crippen LogP contribution in [0.15, 0.2) is 41.3 Å². The third kappa shape index (κ3) is 7.94. The molecule has 0 spiro atoms. The van der Waals surface area contributed by atoms with Crippen molar-refractivity contribution in [2.24, 2.45) is 0 Å². The van der Waals surface area contributed by atoms with Crippen LogP contribution in [-0.2, 0) is 9.47 Å². The van der Waals surface area contributed by atoms with Crippen LogP contribution < -0.4 is 11.0 Å². The summed E-state index contributed by atoms with van der Waals surface area (Å²) in [7, 11) is 0. The molecule has 38 heavy (non-hydrogen) atoms. The van der Waals surface area contributed by atoms with Crippen molar-refractivity contribution in [1.82, 2.24) is 9.55 Å². The quantitative estimate of drug-likeness (QED) is 0.212. The number of esters is 1. The highest BCUT2D eigenvalue weighted by Gasteiger charge is 2.43. The van der Waals surface area contributed by atoms with Gasteiger partial charge in [-0.3, -0.25) is 9.36 Å². The second-order valence-corrected chi connectivity index (χ2v) is 9.37. The molecule has 1 aromatic heterocycles. The van der Waals surface area contributed by atoms with Crippen LogP contribution in [0.5, 0.6) is 0 Å². The number of ether oxygens (including phenoxy) is 2. The lowest BCUT2D eigenvalue weighted by atomic mass is 10.1. The normalized spacial score (nSPS) is 20.8. The van der Waals surface area contributed by atoms with Crippen molar-refractivity contribution >= 4 is 17.7 Å². The first-order valence-corrected chi connectivity index (χ1v) is 13.2. The Bertz CT molecular complexity index is 1100. The van der Waals surface area contributed by atoms with Crippen LogP contribution in [0.1, 0.15) is 85.2 Å². The number of benzene rings is 1. The van der Waals surface area contributed by atoms with Crippen molar-refractivity contribution < 1.29 is 34.4 Å². The second-order valence-electron chi connectivity index (χ2n) is 9.37. The van der Waals surface area contributed by atoms with Gasteiger partial charge in [0.2, 0.25) is 0 Å². The third-order valence-electron chi connectivity index (χ3n) is 6.48. The van der Waals surface area contributed by atoms with E-state index in [4.69, 9.17) is 9.47 Å². The molecule has 4 atom stereocenters. The lowest BCUT2D eigenvalue weighted by molar-refractivity contribution is -0.0549. The summed E-state index contributed by atoms with van der Waals surface area (Å²) in [6, 6.07) is 7.28. The number of nitrogens with zero attached hydrogens (tertiary/aromatic N) is 2. The van der Waals surface area contributed by atoms with Gasteiger partial charge in [0, 0.05) is 11.8 Å². The van der Waals surface area contributed by atoms with Crippen LogP contribution in [0, 0.1) is 0 Å². The molecule has 1 amide bonds. The van der Waals surface area contributed by atoms with Crippen molar-refractivity contribution in [3.05, 3.63) is 58.1 Å². The van der Waals surface area contributed by atoms with E-state index < -0.39 is 48.7 Å². The van der Waals surface area contributed by atoms with Crippen molar-refractivity contribution in [1.29, 1.82) is 0 Å². The second kappa shape index (κ2) is 14.7. The van der Waals surface area contributed by atoms with Crippen molar-refractivity contribution in [3.63, 3.8) is 0 Å². The van der Waals surface area contributed by atoms with Crippen LogP contribution in [0.4, 0.5) is 5.82 Å². The average molecular weight is 532 g/mol. The van der Waals surface area contributed by atoms with E-state index in [0.717, 1.165) is 23.8 Å². The Hall–Kier alpha value is -3.12. The minimum absolute atomic E-state index is 0.0307. The number of unbranched alkanes of at least 4 members (excludes halogenated alkanes) is 7. The smallest absolute Gasteiger partial charge is 0.351 e. The Balaban J connectivity index is 1.46. The number of amides is 1. The molecule has 1 fully saturated rings. The predicted octanol–water partition coefficient (Wildman–Crippen LogP) is 2.40. The minimum atomic E-state index is -1.43. The maximum atomic E-state index is 12.6. The molecular formula is C27H37N3O8. The van der Waals surface area contributed by atoms with Gasteiger partial charge in [0.05, 0.1) is 18.8 Å². The minimum Gasteiger partial charge on any atom is -0.462 e. The van der Waals surface area contributed by atoms with Gasteiger partial charge < -0.3 is 30.1 Å². The molecule has 2 heterocycles. The molecule has 1 aromatic carbocycles. The largest absolute Gasteiger partial charge is 0.462 e. The van der Waals surface area contributed by atoms with Crippen LogP contribution in [0.2, 0.25) is 0 Å². The number of hydrogen-bond acceptors (Lipinski definition) is 9. The highest BCUT2D eigenvalue weighted by molar-refractivity contribution is 6.04. The molecule has 0 unspecified atom stereocenters. The summed E-state index contributed by atoms with van der Waals surface area (Å²) < 4.78 is 11.6. The first-order chi connectivity index (χ1) is 18.3. The zero-order valence-corrected chi connectivity index (χ0v) is 21.6. The lowest BCUT2D eigenvalue weighted by Crippen LogP contribution is -2.36. The van der Waals surface area contributed by atoms with Gasteiger partial charge in [-0.15, -0.1) is 0 Å². The zero-order valence-electron chi connectivity index (χ0n) is 21.6. The van der Waals surface area contributed by atoms with E-state index in [1.807, 2.05) is 0 Å². The standard InChI is InChI=1S/C27H37N3O8/c1-2-3-4-5-6-7-8-9-16-37-26(35)19-12-10-18(11-13-19)24(34)28-21-14-15-30(27(36)29-21)25-23(33)22(32)20(17-31)38-25/h10-15,20,22-23,25,31-33H,2-9,16-17H2,1H3,(H,28,29,34,36)/t20-,22-,23+,25-/m1/s1. The molecule has 208 valence electrons. The van der Waals surface area contributed by atoms with Gasteiger partial charge in [-0.05, 0) is 36.8 Å². The molecule has 1 aliphatic heterocycles. The molecular weight excluding hydrogens is 494 g/mol. The maximum absolute atomic E-state index is 12.6. The summed E-state index contributed by atoms with van der Waals surface area (Å²) in [6.07, 6.45) is 5.44. The maximum Gasteiger partial charge on any atom is 0.351 e. The fourth-order valence-corrected chi connectivity index (χ4v) is 4.22. The average Bonchev–Trinajstić information content (AvgIpc) is 3.20. The van der Waals surface area contributed by atoms with Gasteiger partial charge in [-0.2, -0.15) is 4.98 Å². The number of carbonyl (C=O) groups is 2. The Morgan fingerprint density at radius 3 is 2.21 bits per heavy atom. The Morgan fingerprint density at radius 1 is 0.974 bits per heavy atom. The van der Waals surface area contributed by atoms with Crippen molar-refractivity contribution in [3.8, 4) is 0 Å². The monoisotopic (exact) mass is 531 g/mol. The van der Waals surface area contributed by atoms with Gasteiger partial charge in [0.1, 0.15) is 24.1 Å². The number of anilines is 1. The molecule has 0 saturated carbocycles. The van der Waals surface area contributed by atoms with Crippen LogP contribution >= 0.6 is 0 Å². The van der Waals surface area contributed by atoms with Gasteiger partial charge in [0.15, 0.2) is 6.23 Å². The summed E-state index contributed by atoms with van der Waals surface area (Å²) in [5, 5.41) is 31.7. The number of hydrogen-bond donors (Lipinski definition) is 4. The third-order valence-corrected chi connectivity index (χ3v) is 6.48. The lowest BCUT2D eigenvalue weighted by Gasteiger charge is -2.17. The first-order valence-electron chi connectivity index (χ1n) is 13.2. The van der Waals surface area contributed by atoms with Crippen molar-refractivity contribution in [2.45, 2.75) is 82.8 Å². The summed E-state index contributed by atoms with van der Waals surface area (Å²) in [6.45, 7) is 2.03. The van der Waals surface area contributed by atoms with Crippen LogP contribution in [0.25, 0.3) is 0 Å². The molecule has 11 nitrogen and oxygen atoms in total. The van der Waals surface area contributed by atoms with Crippen LogP contribution in [0.3, 0.4) is 0 Å². The van der Waals surface area contributed by atoms with Crippen LogP contribution in [-0.4, -0.2) is 68.3 Å². The van der Waals surface area contributed by atoms with Crippen molar-refractivity contribution in [2.75, 3.05) is 18.5 Å². The number of carbonyl (C=O) groups excluding carboxylic acids is 2. The van der Waals surface area contributed by atoms with E-state index in [1.165, 1.54) is 68.6 Å². The zero-order chi connectivity index (χ0) is 27.5. The van der Waals surface area contributed by atoms with E-state index in [2.05, 4.69) is 17.2 Å². The van der Waals surface area contributed by atoms with Gasteiger partial charge in [-0.25, -0.2) is 9.59 Å². The van der Waals surface area contributed by atoms with E-state index in [0.29, 0.717) is 12.2 Å². The summed E-state index contributed by atoms with van der Waals surface area (Å²) in [4.78, 5) is 41.0. The molecule has 3 rings (SSSR count). The topological polar surface area (TPSA) is 160 Å². The predicted molar refractivity (Wildman–Crippen MR) is 139 cm³/mol. The Labute approximate surface area is 221 Å². The fraction of sp³-hybridized carbons (Fsp3) is 0.556. The highest BCUT2D eigenvalue weighted by atomic mass is 16.6. The Morgan fingerprint density at radius 2 is 1.61 bits per heavy atom. The van der Waals surface area contributed by atoms with Gasteiger partial charge in [0.25, 0.3) is 5.91 Å². The SMILES string of the molecule is CCCCCCCCCCOC(=O)c1ccc(C(=O)Nc2ccn([C@@H]3O[C@H](CO)[C@@H](O)[C@@H]3O)c(=O)n2)cc1. The fourth-order valence-electron chi connectivity index (χ4n) is 4.22.